The van der Waals surface area contributed by atoms with Crippen molar-refractivity contribution in [2.24, 2.45) is 0 Å². The van der Waals surface area contributed by atoms with E-state index in [0.29, 0.717) is 49.2 Å². The smallest absolute Gasteiger partial charge is 0.274 e. The van der Waals surface area contributed by atoms with E-state index in [1.807, 2.05) is 30.3 Å². The lowest BCUT2D eigenvalue weighted by molar-refractivity contribution is 0.0298. The molecule has 3 aromatic rings. The monoisotopic (exact) mass is 522 g/mol. The van der Waals surface area contributed by atoms with Gasteiger partial charge in [-0.05, 0) is 36.6 Å². The molecule has 2 saturated heterocycles. The van der Waals surface area contributed by atoms with Crippen LogP contribution < -0.4 is 5.32 Å². The van der Waals surface area contributed by atoms with Crippen LogP contribution in [0.15, 0.2) is 53.4 Å². The highest BCUT2D eigenvalue weighted by Gasteiger charge is 2.37. The molecule has 1 N–H and O–H groups in total. The normalized spacial score (nSPS) is 20.8. The van der Waals surface area contributed by atoms with Crippen molar-refractivity contribution in [3.05, 3.63) is 65.4 Å². The molecule has 0 saturated carbocycles. The van der Waals surface area contributed by atoms with Gasteiger partial charge in [0.2, 0.25) is 0 Å². The average Bonchev–Trinajstić information content (AvgIpc) is 3.31. The van der Waals surface area contributed by atoms with Gasteiger partial charge in [0, 0.05) is 43.4 Å². The van der Waals surface area contributed by atoms with Gasteiger partial charge in [-0.1, -0.05) is 30.3 Å². The Labute approximate surface area is 216 Å². The summed E-state index contributed by atoms with van der Waals surface area (Å²) in [6.45, 7) is 4.13. The number of fused-ring (bicyclic) bond motifs is 3. The molecule has 2 aromatic carbocycles. The first-order valence-electron chi connectivity index (χ1n) is 12.7. The van der Waals surface area contributed by atoms with Crippen LogP contribution >= 0.6 is 0 Å². The van der Waals surface area contributed by atoms with Gasteiger partial charge in [0.25, 0.3) is 5.91 Å². The van der Waals surface area contributed by atoms with Crippen LogP contribution in [-0.4, -0.2) is 74.6 Å². The summed E-state index contributed by atoms with van der Waals surface area (Å²) in [5.41, 5.74) is 3.78. The van der Waals surface area contributed by atoms with Crippen molar-refractivity contribution in [2.45, 2.75) is 36.1 Å². The van der Waals surface area contributed by atoms with Crippen LogP contribution in [0, 0.1) is 0 Å². The summed E-state index contributed by atoms with van der Waals surface area (Å²) in [7, 11) is -3.60. The van der Waals surface area contributed by atoms with Crippen molar-refractivity contribution in [2.75, 3.05) is 39.5 Å². The number of nitrogens with zero attached hydrogens (tertiary/aromatic N) is 3. The van der Waals surface area contributed by atoms with Crippen molar-refractivity contribution < 1.29 is 22.7 Å². The summed E-state index contributed by atoms with van der Waals surface area (Å²) in [6, 6.07) is 15.3. The highest BCUT2D eigenvalue weighted by Crippen LogP contribution is 2.40. The van der Waals surface area contributed by atoms with E-state index in [4.69, 9.17) is 14.6 Å². The van der Waals surface area contributed by atoms with Crippen LogP contribution in [0.25, 0.3) is 16.9 Å². The van der Waals surface area contributed by atoms with E-state index < -0.39 is 9.84 Å². The highest BCUT2D eigenvalue weighted by atomic mass is 32.2. The van der Waals surface area contributed by atoms with Crippen LogP contribution in [0.4, 0.5) is 0 Å². The third-order valence-electron chi connectivity index (χ3n) is 7.23. The molecule has 6 rings (SSSR count). The van der Waals surface area contributed by atoms with Crippen molar-refractivity contribution >= 4 is 15.7 Å². The van der Waals surface area contributed by atoms with E-state index >= 15 is 0 Å². The van der Waals surface area contributed by atoms with Gasteiger partial charge in [-0.2, -0.15) is 5.10 Å². The summed E-state index contributed by atoms with van der Waals surface area (Å²) in [5.74, 6) is -0.514. The summed E-state index contributed by atoms with van der Waals surface area (Å²) in [5, 5.41) is 8.29. The van der Waals surface area contributed by atoms with E-state index in [2.05, 4.69) is 5.32 Å². The van der Waals surface area contributed by atoms with E-state index in [9.17, 15) is 13.2 Å². The molecule has 2 fully saturated rings. The SMILES string of the molecule is O=C(c1nn(-c2ccc(CNC3CCCOC3)cc2)c2c1CS(=O)(=O)c1ccccc1-2)N1CCOCC1. The number of hydrogen-bond donors (Lipinski definition) is 1. The molecule has 3 aliphatic heterocycles. The summed E-state index contributed by atoms with van der Waals surface area (Å²) < 4.78 is 39.0. The first kappa shape index (κ1) is 24.3. The zero-order chi connectivity index (χ0) is 25.4. The van der Waals surface area contributed by atoms with Crippen LogP contribution in [0.2, 0.25) is 0 Å². The fraction of sp³-hybridized carbons (Fsp3) is 0.407. The van der Waals surface area contributed by atoms with Crippen molar-refractivity contribution in [3.8, 4) is 16.9 Å². The number of carbonyl (C=O) groups is 1. The molecule has 10 heteroatoms. The topological polar surface area (TPSA) is 103 Å². The lowest BCUT2D eigenvalue weighted by atomic mass is 10.0. The van der Waals surface area contributed by atoms with E-state index in [0.717, 1.165) is 43.9 Å². The van der Waals surface area contributed by atoms with Gasteiger partial charge in [0.05, 0.1) is 41.9 Å². The predicted molar refractivity (Wildman–Crippen MR) is 137 cm³/mol. The fourth-order valence-electron chi connectivity index (χ4n) is 5.26. The molecule has 1 aromatic heterocycles. The minimum Gasteiger partial charge on any atom is -0.380 e. The average molecular weight is 523 g/mol. The molecule has 1 atom stereocenters. The number of amides is 1. The Kier molecular flexibility index (Phi) is 6.58. The number of morpholine rings is 1. The van der Waals surface area contributed by atoms with Crippen molar-refractivity contribution in [3.63, 3.8) is 0 Å². The van der Waals surface area contributed by atoms with E-state index in [1.54, 1.807) is 27.8 Å². The zero-order valence-electron chi connectivity index (χ0n) is 20.6. The van der Waals surface area contributed by atoms with Crippen LogP contribution in [0.1, 0.15) is 34.5 Å². The second-order valence-corrected chi connectivity index (χ2v) is 11.7. The molecular formula is C27H30N4O5S. The van der Waals surface area contributed by atoms with E-state index in [-0.39, 0.29) is 22.2 Å². The summed E-state index contributed by atoms with van der Waals surface area (Å²) >= 11 is 0. The largest absolute Gasteiger partial charge is 0.380 e. The minimum atomic E-state index is -3.60. The number of aromatic nitrogens is 2. The lowest BCUT2D eigenvalue weighted by Gasteiger charge is -2.26. The van der Waals surface area contributed by atoms with E-state index in [1.165, 1.54) is 0 Å². The Morgan fingerprint density at radius 1 is 1.03 bits per heavy atom. The molecule has 1 unspecified atom stereocenters. The number of benzene rings is 2. The number of sulfone groups is 1. The summed E-state index contributed by atoms with van der Waals surface area (Å²) in [6.07, 6.45) is 2.18. The van der Waals surface area contributed by atoms with Crippen LogP contribution in [0.5, 0.6) is 0 Å². The Balaban J connectivity index is 1.37. The Bertz CT molecular complexity index is 1410. The third kappa shape index (κ3) is 4.70. The lowest BCUT2D eigenvalue weighted by Crippen LogP contribution is -2.41. The number of carbonyl (C=O) groups excluding carboxylic acids is 1. The molecule has 9 nitrogen and oxygen atoms in total. The first-order valence-corrected chi connectivity index (χ1v) is 14.4. The predicted octanol–water partition coefficient (Wildman–Crippen LogP) is 2.57. The molecule has 0 aliphatic carbocycles. The van der Waals surface area contributed by atoms with Gasteiger partial charge < -0.3 is 19.7 Å². The second-order valence-electron chi connectivity index (χ2n) is 9.71. The number of rotatable bonds is 5. The second kappa shape index (κ2) is 10.0. The molecule has 3 aliphatic rings. The van der Waals surface area contributed by atoms with Crippen molar-refractivity contribution in [1.82, 2.24) is 20.0 Å². The Hall–Kier alpha value is -3.05. The number of hydrogen-bond acceptors (Lipinski definition) is 7. The van der Waals surface area contributed by atoms with Crippen molar-refractivity contribution in [1.29, 1.82) is 0 Å². The minimum absolute atomic E-state index is 0.193. The maximum Gasteiger partial charge on any atom is 0.274 e. The first-order chi connectivity index (χ1) is 18.0. The molecule has 194 valence electrons. The number of nitrogens with one attached hydrogen (secondary N) is 1. The maximum atomic E-state index is 13.5. The molecule has 0 radical (unpaired) electrons. The highest BCUT2D eigenvalue weighted by molar-refractivity contribution is 7.90. The molecule has 0 bridgehead atoms. The van der Waals surface area contributed by atoms with Crippen LogP contribution in [-0.2, 0) is 31.6 Å². The van der Waals surface area contributed by atoms with Crippen LogP contribution in [0.3, 0.4) is 0 Å². The standard InChI is InChI=1S/C27H30N4O5S/c32-27(30-11-14-35-15-12-30)25-23-18-37(33,34)24-6-2-1-5-22(24)26(23)31(29-25)21-9-7-19(8-10-21)16-28-20-4-3-13-36-17-20/h1-2,5-10,20,28H,3-4,11-18H2. The third-order valence-corrected chi connectivity index (χ3v) is 8.93. The molecule has 37 heavy (non-hydrogen) atoms. The van der Waals surface area contributed by atoms with Gasteiger partial charge in [0.1, 0.15) is 0 Å². The Morgan fingerprint density at radius 2 is 1.81 bits per heavy atom. The van der Waals surface area contributed by atoms with Gasteiger partial charge in [-0.25, -0.2) is 13.1 Å². The quantitative estimate of drug-likeness (QED) is 0.549. The molecule has 0 spiro atoms. The molecule has 4 heterocycles. The van der Waals surface area contributed by atoms with Gasteiger partial charge in [-0.15, -0.1) is 0 Å². The van der Waals surface area contributed by atoms with Gasteiger partial charge in [-0.3, -0.25) is 4.79 Å². The molecule has 1 amide bonds. The van der Waals surface area contributed by atoms with Gasteiger partial charge in [0.15, 0.2) is 15.5 Å². The maximum absolute atomic E-state index is 13.5. The molecular weight excluding hydrogens is 492 g/mol. The number of ether oxygens (including phenoxy) is 2. The zero-order valence-corrected chi connectivity index (χ0v) is 21.4. The summed E-state index contributed by atoms with van der Waals surface area (Å²) in [4.78, 5) is 15.5. The van der Waals surface area contributed by atoms with Gasteiger partial charge >= 0.3 is 0 Å². The fourth-order valence-corrected chi connectivity index (χ4v) is 6.85. The Morgan fingerprint density at radius 3 is 2.57 bits per heavy atom.